The molecule has 0 aliphatic heterocycles. The minimum Gasteiger partial charge on any atom is -0.287 e. The van der Waals surface area contributed by atoms with E-state index in [-0.39, 0.29) is 5.78 Å². The average molecular weight is 216 g/mol. The number of hydrogen-bond acceptors (Lipinski definition) is 4. The van der Waals surface area contributed by atoms with E-state index in [0.717, 1.165) is 5.69 Å². The molecule has 0 spiro atoms. The molecule has 16 heavy (non-hydrogen) atoms. The van der Waals surface area contributed by atoms with Crippen LogP contribution in [0.4, 0.5) is 0 Å². The summed E-state index contributed by atoms with van der Waals surface area (Å²) in [4.78, 5) is 12.1. The lowest BCUT2D eigenvalue weighted by Gasteiger charge is -2.01. The molecule has 82 valence electrons. The summed E-state index contributed by atoms with van der Waals surface area (Å²) >= 11 is 0. The van der Waals surface area contributed by atoms with E-state index in [1.54, 1.807) is 37.0 Å². The SMILES string of the molecule is Cc1cc(C(=O)c2ccn(C)n2)c(C)nn1. The van der Waals surface area contributed by atoms with Crippen LogP contribution in [0.3, 0.4) is 0 Å². The molecule has 0 aromatic carbocycles. The molecule has 0 aliphatic rings. The van der Waals surface area contributed by atoms with Gasteiger partial charge in [0.25, 0.3) is 0 Å². The van der Waals surface area contributed by atoms with Gasteiger partial charge < -0.3 is 0 Å². The van der Waals surface area contributed by atoms with Crippen LogP contribution < -0.4 is 0 Å². The van der Waals surface area contributed by atoms with Crippen molar-refractivity contribution in [2.45, 2.75) is 13.8 Å². The summed E-state index contributed by atoms with van der Waals surface area (Å²) in [6.07, 6.45) is 1.74. The van der Waals surface area contributed by atoms with Crippen LogP contribution >= 0.6 is 0 Å². The lowest BCUT2D eigenvalue weighted by atomic mass is 10.1. The van der Waals surface area contributed by atoms with Crippen LogP contribution in [0.15, 0.2) is 18.3 Å². The first-order valence-electron chi connectivity index (χ1n) is 4.93. The Kier molecular flexibility index (Phi) is 2.52. The highest BCUT2D eigenvalue weighted by Crippen LogP contribution is 2.11. The van der Waals surface area contributed by atoms with E-state index < -0.39 is 0 Å². The molecule has 0 N–H and O–H groups in total. The summed E-state index contributed by atoms with van der Waals surface area (Å²) in [5.74, 6) is -0.115. The quantitative estimate of drug-likeness (QED) is 0.704. The van der Waals surface area contributed by atoms with Crippen LogP contribution in [0.2, 0.25) is 0 Å². The van der Waals surface area contributed by atoms with Gasteiger partial charge in [0.1, 0.15) is 5.69 Å². The van der Waals surface area contributed by atoms with E-state index in [2.05, 4.69) is 15.3 Å². The van der Waals surface area contributed by atoms with Crippen molar-refractivity contribution in [2.75, 3.05) is 0 Å². The Hall–Kier alpha value is -2.04. The number of carbonyl (C=O) groups excluding carboxylic acids is 1. The molecule has 0 aliphatic carbocycles. The van der Waals surface area contributed by atoms with E-state index in [1.807, 2.05) is 6.92 Å². The molecule has 0 saturated carbocycles. The van der Waals surface area contributed by atoms with E-state index in [4.69, 9.17) is 0 Å². The fraction of sp³-hybridized carbons (Fsp3) is 0.273. The van der Waals surface area contributed by atoms with Crippen LogP contribution in [0.1, 0.15) is 27.4 Å². The average Bonchev–Trinajstić information content (AvgIpc) is 2.67. The number of ketones is 1. The van der Waals surface area contributed by atoms with Crippen LogP contribution in [-0.4, -0.2) is 25.8 Å². The van der Waals surface area contributed by atoms with Crippen LogP contribution in [0, 0.1) is 13.8 Å². The number of nitrogens with zero attached hydrogens (tertiary/aromatic N) is 4. The van der Waals surface area contributed by atoms with Crippen molar-refractivity contribution in [3.05, 3.63) is 41.0 Å². The van der Waals surface area contributed by atoms with Crippen molar-refractivity contribution in [3.8, 4) is 0 Å². The Labute approximate surface area is 93.1 Å². The van der Waals surface area contributed by atoms with Crippen molar-refractivity contribution in [1.29, 1.82) is 0 Å². The van der Waals surface area contributed by atoms with Gasteiger partial charge in [-0.25, -0.2) is 0 Å². The van der Waals surface area contributed by atoms with E-state index in [9.17, 15) is 4.79 Å². The molecule has 0 atom stereocenters. The molecule has 2 aromatic heterocycles. The normalized spacial score (nSPS) is 10.4. The summed E-state index contributed by atoms with van der Waals surface area (Å²) in [5, 5.41) is 11.9. The highest BCUT2D eigenvalue weighted by Gasteiger charge is 2.15. The van der Waals surface area contributed by atoms with Crippen molar-refractivity contribution in [1.82, 2.24) is 20.0 Å². The first-order valence-corrected chi connectivity index (χ1v) is 4.93. The van der Waals surface area contributed by atoms with Gasteiger partial charge in [0.05, 0.1) is 11.4 Å². The van der Waals surface area contributed by atoms with Crippen molar-refractivity contribution in [3.63, 3.8) is 0 Å². The molecule has 0 radical (unpaired) electrons. The Balaban J connectivity index is 2.45. The van der Waals surface area contributed by atoms with Gasteiger partial charge in [-0.2, -0.15) is 15.3 Å². The number of aromatic nitrogens is 4. The fourth-order valence-electron chi connectivity index (χ4n) is 1.45. The Morgan fingerprint density at radius 3 is 2.69 bits per heavy atom. The zero-order chi connectivity index (χ0) is 11.7. The predicted octanol–water partition coefficient (Wildman–Crippen LogP) is 1.06. The van der Waals surface area contributed by atoms with Gasteiger partial charge in [-0.05, 0) is 26.0 Å². The standard InChI is InChI=1S/C11H12N4O/c1-7-6-9(8(2)13-12-7)11(16)10-4-5-15(3)14-10/h4-6H,1-3H3. The lowest BCUT2D eigenvalue weighted by Crippen LogP contribution is -2.08. The fourth-order valence-corrected chi connectivity index (χ4v) is 1.45. The maximum Gasteiger partial charge on any atom is 0.215 e. The first-order chi connectivity index (χ1) is 7.58. The van der Waals surface area contributed by atoms with Gasteiger partial charge in [0.2, 0.25) is 5.78 Å². The Morgan fingerprint density at radius 1 is 1.31 bits per heavy atom. The molecule has 0 fully saturated rings. The monoisotopic (exact) mass is 216 g/mol. The maximum atomic E-state index is 12.1. The topological polar surface area (TPSA) is 60.7 Å². The zero-order valence-corrected chi connectivity index (χ0v) is 9.43. The van der Waals surface area contributed by atoms with Crippen molar-refractivity contribution < 1.29 is 4.79 Å². The van der Waals surface area contributed by atoms with Gasteiger partial charge in [-0.1, -0.05) is 0 Å². The molecule has 0 unspecified atom stereocenters. The van der Waals surface area contributed by atoms with E-state index in [1.165, 1.54) is 0 Å². The van der Waals surface area contributed by atoms with Crippen molar-refractivity contribution in [2.24, 2.45) is 7.05 Å². The molecular formula is C11H12N4O. The molecule has 2 aromatic rings. The maximum absolute atomic E-state index is 12.1. The highest BCUT2D eigenvalue weighted by atomic mass is 16.1. The molecule has 2 heterocycles. The van der Waals surface area contributed by atoms with Gasteiger partial charge in [0.15, 0.2) is 0 Å². The zero-order valence-electron chi connectivity index (χ0n) is 9.43. The third-order valence-corrected chi connectivity index (χ3v) is 2.29. The second kappa shape index (κ2) is 3.84. The van der Waals surface area contributed by atoms with E-state index in [0.29, 0.717) is 17.0 Å². The smallest absolute Gasteiger partial charge is 0.215 e. The second-order valence-electron chi connectivity index (χ2n) is 3.69. The minimum absolute atomic E-state index is 0.115. The third kappa shape index (κ3) is 1.84. The van der Waals surface area contributed by atoms with E-state index >= 15 is 0 Å². The number of aryl methyl sites for hydroxylation is 3. The van der Waals surface area contributed by atoms with Gasteiger partial charge in [-0.15, -0.1) is 0 Å². The molecular weight excluding hydrogens is 204 g/mol. The number of hydrogen-bond donors (Lipinski definition) is 0. The Morgan fingerprint density at radius 2 is 2.06 bits per heavy atom. The Bertz CT molecular complexity index is 545. The largest absolute Gasteiger partial charge is 0.287 e. The summed E-state index contributed by atoms with van der Waals surface area (Å²) in [6, 6.07) is 3.43. The molecule has 0 bridgehead atoms. The molecule has 0 saturated heterocycles. The van der Waals surface area contributed by atoms with Crippen LogP contribution in [0.25, 0.3) is 0 Å². The molecule has 5 nitrogen and oxygen atoms in total. The van der Waals surface area contributed by atoms with Gasteiger partial charge in [0, 0.05) is 18.8 Å². The highest BCUT2D eigenvalue weighted by molar-refractivity contribution is 6.08. The van der Waals surface area contributed by atoms with Crippen LogP contribution in [0.5, 0.6) is 0 Å². The molecule has 0 amide bonds. The first kappa shape index (κ1) is 10.5. The van der Waals surface area contributed by atoms with Gasteiger partial charge >= 0.3 is 0 Å². The second-order valence-corrected chi connectivity index (χ2v) is 3.69. The molecule has 2 rings (SSSR count). The molecule has 5 heteroatoms. The number of rotatable bonds is 2. The van der Waals surface area contributed by atoms with Crippen molar-refractivity contribution >= 4 is 5.78 Å². The summed E-state index contributed by atoms with van der Waals surface area (Å²) in [7, 11) is 1.78. The minimum atomic E-state index is -0.115. The summed E-state index contributed by atoms with van der Waals surface area (Å²) < 4.78 is 1.60. The number of carbonyl (C=O) groups is 1. The predicted molar refractivity (Wildman–Crippen MR) is 58.1 cm³/mol. The lowest BCUT2D eigenvalue weighted by molar-refractivity contribution is 0.103. The summed E-state index contributed by atoms with van der Waals surface area (Å²) in [5.41, 5.74) is 2.34. The van der Waals surface area contributed by atoms with Crippen LogP contribution in [-0.2, 0) is 7.05 Å². The summed E-state index contributed by atoms with van der Waals surface area (Å²) in [6.45, 7) is 3.57. The van der Waals surface area contributed by atoms with Gasteiger partial charge in [-0.3, -0.25) is 9.48 Å². The third-order valence-electron chi connectivity index (χ3n) is 2.29.